The van der Waals surface area contributed by atoms with Gasteiger partial charge in [-0.15, -0.1) is 0 Å². The number of aliphatic hydroxyl groups excluding tert-OH is 2. The Hall–Kier alpha value is -2.64. The Morgan fingerprint density at radius 3 is 2.29 bits per heavy atom. The van der Waals surface area contributed by atoms with Gasteiger partial charge in [-0.3, -0.25) is 0 Å². The number of fused-ring (bicyclic) bond motifs is 3. The molecule has 0 saturated carbocycles. The Kier molecular flexibility index (Phi) is 6.43. The smallest absolute Gasteiger partial charge is 0.407 e. The summed E-state index contributed by atoms with van der Waals surface area (Å²) in [4.78, 5) is 16.0. The van der Waals surface area contributed by atoms with Crippen molar-refractivity contribution in [2.45, 2.75) is 18.1 Å². The third-order valence-corrected chi connectivity index (χ3v) is 6.01. The van der Waals surface area contributed by atoms with Crippen molar-refractivity contribution >= 4 is 29.3 Å². The lowest BCUT2D eigenvalue weighted by Crippen LogP contribution is -2.36. The van der Waals surface area contributed by atoms with Crippen molar-refractivity contribution in [2.24, 2.45) is 0 Å². The Bertz CT molecular complexity index is 1060. The number of hydrogen-bond donors (Lipinski definition) is 3. The van der Waals surface area contributed by atoms with E-state index < -0.39 is 18.3 Å². The molecule has 0 radical (unpaired) electrons. The molecule has 3 aromatic rings. The van der Waals surface area contributed by atoms with Gasteiger partial charge >= 0.3 is 6.09 Å². The van der Waals surface area contributed by atoms with Gasteiger partial charge in [0.1, 0.15) is 24.0 Å². The van der Waals surface area contributed by atoms with Crippen LogP contribution in [0.15, 0.2) is 60.8 Å². The molecule has 2 unspecified atom stereocenters. The fourth-order valence-electron chi connectivity index (χ4n) is 3.77. The normalized spacial score (nSPS) is 14.5. The van der Waals surface area contributed by atoms with E-state index in [1.54, 1.807) is 0 Å². The average molecular weight is 459 g/mol. The third-order valence-electron chi connectivity index (χ3n) is 5.32. The van der Waals surface area contributed by atoms with Crippen LogP contribution in [-0.4, -0.2) is 40.5 Å². The van der Waals surface area contributed by atoms with Gasteiger partial charge in [-0.1, -0.05) is 71.7 Å². The van der Waals surface area contributed by atoms with Gasteiger partial charge in [-0.2, -0.15) is 0 Å². The fraction of sp³-hybridized carbons (Fsp3) is 0.217. The molecule has 4 rings (SSSR count). The van der Waals surface area contributed by atoms with Crippen LogP contribution in [-0.2, 0) is 4.74 Å². The van der Waals surface area contributed by atoms with Crippen LogP contribution < -0.4 is 5.32 Å². The minimum Gasteiger partial charge on any atom is -0.449 e. The van der Waals surface area contributed by atoms with E-state index in [0.717, 1.165) is 22.3 Å². The predicted octanol–water partition coefficient (Wildman–Crippen LogP) is 4.32. The topological polar surface area (TPSA) is 91.7 Å². The number of hydrogen-bond acceptors (Lipinski definition) is 5. The van der Waals surface area contributed by atoms with Gasteiger partial charge in [0.2, 0.25) is 0 Å². The fourth-order valence-corrected chi connectivity index (χ4v) is 4.05. The Morgan fingerprint density at radius 1 is 1.06 bits per heavy atom. The summed E-state index contributed by atoms with van der Waals surface area (Å²) in [6, 6.07) is 17.5. The van der Waals surface area contributed by atoms with Crippen LogP contribution in [0.5, 0.6) is 0 Å². The van der Waals surface area contributed by atoms with Crippen LogP contribution >= 0.6 is 23.2 Å². The van der Waals surface area contributed by atoms with Crippen molar-refractivity contribution in [3.63, 3.8) is 0 Å². The number of pyridine rings is 1. The van der Waals surface area contributed by atoms with E-state index in [1.165, 1.54) is 12.3 Å². The van der Waals surface area contributed by atoms with E-state index in [-0.39, 0.29) is 34.8 Å². The molecule has 0 saturated heterocycles. The molecular formula is C23H20Cl2N2O4. The zero-order valence-electron chi connectivity index (χ0n) is 16.3. The van der Waals surface area contributed by atoms with Crippen molar-refractivity contribution in [3.8, 4) is 11.1 Å². The molecule has 1 aliphatic rings. The summed E-state index contributed by atoms with van der Waals surface area (Å²) in [7, 11) is 0. The molecule has 0 aliphatic heterocycles. The lowest BCUT2D eigenvalue weighted by Gasteiger charge is -2.19. The van der Waals surface area contributed by atoms with Crippen molar-refractivity contribution in [1.29, 1.82) is 0 Å². The van der Waals surface area contributed by atoms with Gasteiger partial charge in [0, 0.05) is 24.2 Å². The maximum Gasteiger partial charge on any atom is 0.407 e. The molecule has 2 aromatic carbocycles. The lowest BCUT2D eigenvalue weighted by molar-refractivity contribution is 0.0183. The quantitative estimate of drug-likeness (QED) is 0.478. The molecule has 8 heteroatoms. The molecule has 6 nitrogen and oxygen atoms in total. The summed E-state index contributed by atoms with van der Waals surface area (Å²) in [5, 5.41) is 23.2. The van der Waals surface area contributed by atoms with Gasteiger partial charge in [0.15, 0.2) is 0 Å². The van der Waals surface area contributed by atoms with Crippen LogP contribution in [0.4, 0.5) is 4.79 Å². The number of ether oxygens (including phenoxy) is 1. The standard InChI is InChI=1S/C23H20Cl2N2O4/c24-19-9-13(10-26-22(19)25)21(29)20(28)11-27-23(30)31-12-18-16-7-3-1-5-14(16)15-6-2-4-8-17(15)18/h1-10,18,20-21,28-29H,11-12H2,(H,27,30). The van der Waals surface area contributed by atoms with Crippen LogP contribution in [0, 0.1) is 0 Å². The summed E-state index contributed by atoms with van der Waals surface area (Å²) < 4.78 is 5.42. The minimum atomic E-state index is -1.30. The second-order valence-electron chi connectivity index (χ2n) is 7.26. The molecule has 2 atom stereocenters. The van der Waals surface area contributed by atoms with E-state index in [2.05, 4.69) is 22.4 Å². The molecule has 0 bridgehead atoms. The number of alkyl carbamates (subject to hydrolysis) is 1. The summed E-state index contributed by atoms with van der Waals surface area (Å²) in [5.74, 6) is -0.0593. The Balaban J connectivity index is 1.34. The summed E-state index contributed by atoms with van der Waals surface area (Å²) >= 11 is 11.6. The molecule has 31 heavy (non-hydrogen) atoms. The number of aliphatic hydroxyl groups is 2. The number of halogens is 2. The van der Waals surface area contributed by atoms with Gasteiger partial charge in [-0.25, -0.2) is 9.78 Å². The first-order valence-electron chi connectivity index (χ1n) is 9.71. The first kappa shape index (κ1) is 21.6. The van der Waals surface area contributed by atoms with Crippen LogP contribution in [0.2, 0.25) is 10.2 Å². The molecule has 3 N–H and O–H groups in total. The zero-order chi connectivity index (χ0) is 22.0. The number of rotatable bonds is 6. The Labute approximate surface area is 189 Å². The van der Waals surface area contributed by atoms with E-state index in [4.69, 9.17) is 27.9 Å². The SMILES string of the molecule is O=C(NCC(O)C(O)c1cnc(Cl)c(Cl)c1)OCC1c2ccccc2-c2ccccc21. The van der Waals surface area contributed by atoms with Gasteiger partial charge in [0.25, 0.3) is 0 Å². The number of nitrogens with zero attached hydrogens (tertiary/aromatic N) is 1. The highest BCUT2D eigenvalue weighted by Crippen LogP contribution is 2.44. The van der Waals surface area contributed by atoms with Gasteiger partial charge in [0.05, 0.1) is 5.02 Å². The van der Waals surface area contributed by atoms with Crippen molar-refractivity contribution in [2.75, 3.05) is 13.2 Å². The van der Waals surface area contributed by atoms with Crippen LogP contribution in [0.3, 0.4) is 0 Å². The van der Waals surface area contributed by atoms with Crippen molar-refractivity contribution < 1.29 is 19.7 Å². The largest absolute Gasteiger partial charge is 0.449 e. The number of aromatic nitrogens is 1. The minimum absolute atomic E-state index is 0.0593. The summed E-state index contributed by atoms with van der Waals surface area (Å²) in [6.07, 6.45) is -1.94. The van der Waals surface area contributed by atoms with Gasteiger partial charge < -0.3 is 20.3 Å². The number of carbonyl (C=O) groups excluding carboxylic acids is 1. The van der Waals surface area contributed by atoms with E-state index in [1.807, 2.05) is 36.4 Å². The first-order chi connectivity index (χ1) is 15.0. The zero-order valence-corrected chi connectivity index (χ0v) is 17.8. The molecule has 1 aliphatic carbocycles. The predicted molar refractivity (Wildman–Crippen MR) is 118 cm³/mol. The monoisotopic (exact) mass is 458 g/mol. The lowest BCUT2D eigenvalue weighted by atomic mass is 9.98. The number of nitrogens with one attached hydrogen (secondary N) is 1. The van der Waals surface area contributed by atoms with E-state index in [0.29, 0.717) is 0 Å². The molecule has 160 valence electrons. The average Bonchev–Trinajstić information content (AvgIpc) is 3.11. The highest BCUT2D eigenvalue weighted by Gasteiger charge is 2.29. The first-order valence-corrected chi connectivity index (χ1v) is 10.5. The highest BCUT2D eigenvalue weighted by atomic mass is 35.5. The summed E-state index contributed by atoms with van der Waals surface area (Å²) in [6.45, 7) is -0.0483. The van der Waals surface area contributed by atoms with Crippen molar-refractivity contribution in [3.05, 3.63) is 87.7 Å². The molecule has 1 amide bonds. The Morgan fingerprint density at radius 2 is 1.68 bits per heavy atom. The highest BCUT2D eigenvalue weighted by molar-refractivity contribution is 6.41. The molecule has 0 spiro atoms. The maximum absolute atomic E-state index is 12.2. The van der Waals surface area contributed by atoms with Crippen LogP contribution in [0.25, 0.3) is 11.1 Å². The summed E-state index contributed by atoms with van der Waals surface area (Å²) in [5.41, 5.74) is 4.79. The molecular weight excluding hydrogens is 439 g/mol. The van der Waals surface area contributed by atoms with Gasteiger partial charge in [-0.05, 0) is 28.3 Å². The third kappa shape index (κ3) is 4.52. The second kappa shape index (κ2) is 9.24. The van der Waals surface area contributed by atoms with Crippen molar-refractivity contribution in [1.82, 2.24) is 10.3 Å². The van der Waals surface area contributed by atoms with E-state index in [9.17, 15) is 15.0 Å². The molecule has 0 fully saturated rings. The maximum atomic E-state index is 12.2. The number of benzene rings is 2. The molecule has 1 heterocycles. The molecule has 1 aromatic heterocycles. The van der Waals surface area contributed by atoms with Crippen LogP contribution in [0.1, 0.15) is 28.7 Å². The number of amides is 1. The number of carbonyl (C=O) groups is 1. The second-order valence-corrected chi connectivity index (χ2v) is 8.03. The van der Waals surface area contributed by atoms with E-state index >= 15 is 0 Å².